The molecule has 1 N–H and O–H groups in total. The molecule has 1 aliphatic rings. The van der Waals surface area contributed by atoms with Crippen molar-refractivity contribution in [3.05, 3.63) is 0 Å². The molecule has 1 saturated heterocycles. The topological polar surface area (TPSA) is 55.4 Å². The summed E-state index contributed by atoms with van der Waals surface area (Å²) in [4.78, 5) is 0. The van der Waals surface area contributed by atoms with E-state index in [9.17, 15) is 8.42 Å². The maximum atomic E-state index is 10.8. The average molecular weight is 165 g/mol. The lowest BCUT2D eigenvalue weighted by Gasteiger charge is -2.21. The summed E-state index contributed by atoms with van der Waals surface area (Å²) in [5.41, 5.74) is -0.638. The first kappa shape index (κ1) is 7.97. The summed E-state index contributed by atoms with van der Waals surface area (Å²) in [7, 11) is -3.01. The Morgan fingerprint density at radius 3 is 2.60 bits per heavy atom. The largest absolute Gasteiger partial charge is 0.360 e. The molecule has 1 rings (SSSR count). The molecule has 1 aliphatic heterocycles. The normalized spacial score (nSPS) is 28.3. The van der Waals surface area contributed by atoms with Crippen molar-refractivity contribution < 1.29 is 13.2 Å². The van der Waals surface area contributed by atoms with Gasteiger partial charge in [-0.2, -0.15) is 0 Å². The lowest BCUT2D eigenvalue weighted by molar-refractivity contribution is 0.0789. The van der Waals surface area contributed by atoms with Crippen molar-refractivity contribution in [2.75, 3.05) is 26.0 Å². The van der Waals surface area contributed by atoms with Crippen molar-refractivity contribution in [1.29, 1.82) is 0 Å². The van der Waals surface area contributed by atoms with Crippen molar-refractivity contribution in [3.8, 4) is 0 Å². The second-order valence-corrected chi connectivity index (χ2v) is 4.52. The van der Waals surface area contributed by atoms with Gasteiger partial charge in [0.05, 0.1) is 6.61 Å². The van der Waals surface area contributed by atoms with Crippen LogP contribution in [-0.4, -0.2) is 39.8 Å². The van der Waals surface area contributed by atoms with Crippen molar-refractivity contribution in [1.82, 2.24) is 5.32 Å². The van der Waals surface area contributed by atoms with Crippen LogP contribution in [0.25, 0.3) is 0 Å². The summed E-state index contributed by atoms with van der Waals surface area (Å²) in [6.07, 6.45) is 1.19. The zero-order valence-corrected chi connectivity index (χ0v) is 6.65. The molecule has 0 spiro atoms. The molecule has 0 aromatic rings. The fourth-order valence-electron chi connectivity index (χ4n) is 0.816. The molecule has 1 heterocycles. The first-order valence-electron chi connectivity index (χ1n) is 3.12. The van der Waals surface area contributed by atoms with Crippen LogP contribution < -0.4 is 5.32 Å². The van der Waals surface area contributed by atoms with Gasteiger partial charge in [0.2, 0.25) is 0 Å². The van der Waals surface area contributed by atoms with E-state index in [1.807, 2.05) is 0 Å². The number of hydrogen-bond acceptors (Lipinski definition) is 4. The summed E-state index contributed by atoms with van der Waals surface area (Å²) in [5.74, 6) is 0. The van der Waals surface area contributed by atoms with Crippen LogP contribution >= 0.6 is 0 Å². The van der Waals surface area contributed by atoms with Crippen molar-refractivity contribution in [2.45, 2.75) is 5.44 Å². The minimum absolute atomic E-state index is 0.416. The number of morpholine rings is 1. The van der Waals surface area contributed by atoms with E-state index < -0.39 is 15.3 Å². The van der Waals surface area contributed by atoms with Crippen molar-refractivity contribution in [2.24, 2.45) is 0 Å². The van der Waals surface area contributed by atoms with Gasteiger partial charge in [-0.15, -0.1) is 0 Å². The fourth-order valence-corrected chi connectivity index (χ4v) is 1.58. The number of hydrogen-bond donors (Lipinski definition) is 1. The van der Waals surface area contributed by atoms with Gasteiger partial charge in [0.15, 0.2) is 15.3 Å². The highest BCUT2D eigenvalue weighted by Gasteiger charge is 2.22. The van der Waals surface area contributed by atoms with Crippen LogP contribution in [0.3, 0.4) is 0 Å². The Hall–Kier alpha value is -0.130. The maximum Gasteiger partial charge on any atom is 0.175 e. The minimum atomic E-state index is -3.01. The molecule has 10 heavy (non-hydrogen) atoms. The maximum absolute atomic E-state index is 10.8. The van der Waals surface area contributed by atoms with Gasteiger partial charge in [-0.3, -0.25) is 0 Å². The molecule has 0 aromatic carbocycles. The summed E-state index contributed by atoms with van der Waals surface area (Å²) in [6.45, 7) is 1.64. The predicted molar refractivity (Wildman–Crippen MR) is 37.5 cm³/mol. The lowest BCUT2D eigenvalue weighted by Crippen LogP contribution is -2.42. The van der Waals surface area contributed by atoms with Crippen LogP contribution in [0, 0.1) is 0 Å². The fraction of sp³-hybridized carbons (Fsp3) is 1.00. The third-order valence-corrected chi connectivity index (χ3v) is 2.63. The second-order valence-electron chi connectivity index (χ2n) is 2.33. The monoisotopic (exact) mass is 165 g/mol. The third kappa shape index (κ3) is 1.93. The molecule has 60 valence electrons. The molecule has 1 fully saturated rings. The van der Waals surface area contributed by atoms with E-state index in [0.717, 1.165) is 6.54 Å². The summed E-state index contributed by atoms with van der Waals surface area (Å²) >= 11 is 0. The van der Waals surface area contributed by atoms with Gasteiger partial charge < -0.3 is 10.1 Å². The third-order valence-electron chi connectivity index (χ3n) is 1.37. The number of ether oxygens (including phenoxy) is 1. The van der Waals surface area contributed by atoms with Crippen LogP contribution in [0.1, 0.15) is 0 Å². The molecular weight excluding hydrogens is 154 g/mol. The highest BCUT2D eigenvalue weighted by molar-refractivity contribution is 7.91. The molecule has 4 nitrogen and oxygen atoms in total. The SMILES string of the molecule is CS(=O)(=O)C1CNCCO1. The van der Waals surface area contributed by atoms with Crippen LogP contribution in [0.5, 0.6) is 0 Å². The zero-order chi connectivity index (χ0) is 7.61. The molecular formula is C5H11NO3S. The Balaban J connectivity index is 2.56. The van der Waals surface area contributed by atoms with Crippen molar-refractivity contribution >= 4 is 9.84 Å². The van der Waals surface area contributed by atoms with Gasteiger partial charge in [-0.1, -0.05) is 0 Å². The summed E-state index contributed by atoms with van der Waals surface area (Å²) in [6, 6.07) is 0. The van der Waals surface area contributed by atoms with Crippen LogP contribution in [-0.2, 0) is 14.6 Å². The Kier molecular flexibility index (Phi) is 2.28. The highest BCUT2D eigenvalue weighted by atomic mass is 32.2. The Morgan fingerprint density at radius 2 is 2.30 bits per heavy atom. The molecule has 0 saturated carbocycles. The van der Waals surface area contributed by atoms with E-state index in [0.29, 0.717) is 13.2 Å². The zero-order valence-electron chi connectivity index (χ0n) is 5.83. The van der Waals surface area contributed by atoms with E-state index >= 15 is 0 Å². The second kappa shape index (κ2) is 2.86. The summed E-state index contributed by atoms with van der Waals surface area (Å²) < 4.78 is 26.6. The number of nitrogens with one attached hydrogen (secondary N) is 1. The number of rotatable bonds is 1. The van der Waals surface area contributed by atoms with E-state index in [1.165, 1.54) is 6.26 Å². The Labute approximate surface area is 60.5 Å². The smallest absolute Gasteiger partial charge is 0.175 e. The van der Waals surface area contributed by atoms with E-state index in [-0.39, 0.29) is 0 Å². The minimum Gasteiger partial charge on any atom is -0.360 e. The highest BCUT2D eigenvalue weighted by Crippen LogP contribution is 2.02. The molecule has 1 atom stereocenters. The first-order valence-corrected chi connectivity index (χ1v) is 5.07. The van der Waals surface area contributed by atoms with Gasteiger partial charge in [-0.25, -0.2) is 8.42 Å². The van der Waals surface area contributed by atoms with Crippen LogP contribution in [0.15, 0.2) is 0 Å². The molecule has 0 radical (unpaired) electrons. The first-order chi connectivity index (χ1) is 4.61. The predicted octanol–water partition coefficient (Wildman–Crippen LogP) is -1.02. The Morgan fingerprint density at radius 1 is 1.60 bits per heavy atom. The van der Waals surface area contributed by atoms with Crippen molar-refractivity contribution in [3.63, 3.8) is 0 Å². The molecule has 0 amide bonds. The van der Waals surface area contributed by atoms with Crippen LogP contribution in [0.2, 0.25) is 0 Å². The molecule has 0 bridgehead atoms. The van der Waals surface area contributed by atoms with Gasteiger partial charge in [0, 0.05) is 19.3 Å². The van der Waals surface area contributed by atoms with Gasteiger partial charge in [0.25, 0.3) is 0 Å². The summed E-state index contributed by atoms with van der Waals surface area (Å²) in [5, 5.41) is 2.94. The van der Waals surface area contributed by atoms with E-state index in [4.69, 9.17) is 4.74 Å². The van der Waals surface area contributed by atoms with Gasteiger partial charge in [0.1, 0.15) is 0 Å². The van der Waals surface area contributed by atoms with Crippen LogP contribution in [0.4, 0.5) is 0 Å². The van der Waals surface area contributed by atoms with E-state index in [1.54, 1.807) is 0 Å². The average Bonchev–Trinajstić information content (AvgIpc) is 1.88. The lowest BCUT2D eigenvalue weighted by atomic mass is 10.5. The van der Waals surface area contributed by atoms with Gasteiger partial charge in [-0.05, 0) is 0 Å². The Bertz CT molecular complexity index is 193. The molecule has 0 aliphatic carbocycles. The molecule has 0 aromatic heterocycles. The van der Waals surface area contributed by atoms with E-state index in [2.05, 4.69) is 5.32 Å². The standard InChI is InChI=1S/C5H11NO3S/c1-10(7,8)5-4-6-2-3-9-5/h5-6H,2-4H2,1H3. The number of sulfone groups is 1. The molecule has 1 unspecified atom stereocenters. The molecule has 5 heteroatoms. The van der Waals surface area contributed by atoms with Gasteiger partial charge >= 0.3 is 0 Å². The quantitative estimate of drug-likeness (QED) is 0.540.